The molecule has 0 spiro atoms. The summed E-state index contributed by atoms with van der Waals surface area (Å²) < 4.78 is 1.54. The maximum atomic E-state index is 12.3. The summed E-state index contributed by atoms with van der Waals surface area (Å²) >= 11 is 1.34. The van der Waals surface area contributed by atoms with Crippen molar-refractivity contribution < 1.29 is 9.59 Å². The Labute approximate surface area is 132 Å². The number of hydrogen-bond donors (Lipinski definition) is 2. The van der Waals surface area contributed by atoms with Gasteiger partial charge in [-0.15, -0.1) is 11.3 Å². The van der Waals surface area contributed by atoms with E-state index in [2.05, 4.69) is 20.7 Å². The van der Waals surface area contributed by atoms with Crippen LogP contribution in [0.1, 0.15) is 30.6 Å². The van der Waals surface area contributed by atoms with Gasteiger partial charge in [0, 0.05) is 24.8 Å². The first-order valence-corrected chi connectivity index (χ1v) is 7.83. The number of hydrogen-bond acceptors (Lipinski definition) is 5. The summed E-state index contributed by atoms with van der Waals surface area (Å²) in [6, 6.07) is -0.614. The van der Waals surface area contributed by atoms with Crippen LogP contribution in [0.2, 0.25) is 0 Å². The smallest absolute Gasteiger partial charge is 0.255 e. The molecule has 118 valence electrons. The minimum absolute atomic E-state index is 0.263. The minimum Gasteiger partial charge on any atom is -0.340 e. The fourth-order valence-corrected chi connectivity index (χ4v) is 2.49. The van der Waals surface area contributed by atoms with Gasteiger partial charge in [0.2, 0.25) is 5.91 Å². The van der Waals surface area contributed by atoms with Gasteiger partial charge in [0.15, 0.2) is 5.13 Å². The van der Waals surface area contributed by atoms with Gasteiger partial charge in [-0.1, -0.05) is 13.8 Å². The second-order valence-corrected chi connectivity index (χ2v) is 6.28. The predicted molar refractivity (Wildman–Crippen MR) is 84.7 cm³/mol. The number of nitrogens with one attached hydrogen (secondary N) is 2. The second kappa shape index (κ2) is 7.17. The molecule has 0 aliphatic carbocycles. The first-order valence-electron chi connectivity index (χ1n) is 6.95. The SMILES string of the molecule is CC(C)C[C@H](NC(=O)c1cnn(C)c1)C(=O)Nc1nccs1. The number of nitrogens with zero attached hydrogens (tertiary/aromatic N) is 3. The standard InChI is InChI=1S/C14H19N5O2S/c1-9(2)6-11(13(21)18-14-15-4-5-22-14)17-12(20)10-7-16-19(3)8-10/h4-5,7-9,11H,6H2,1-3H3,(H,17,20)(H,15,18,21)/t11-/m0/s1. The van der Waals surface area contributed by atoms with Crippen LogP contribution >= 0.6 is 11.3 Å². The Balaban J connectivity index is 2.05. The first-order chi connectivity index (χ1) is 10.5. The van der Waals surface area contributed by atoms with Crippen molar-refractivity contribution >= 4 is 28.3 Å². The van der Waals surface area contributed by atoms with Gasteiger partial charge >= 0.3 is 0 Å². The Kier molecular flexibility index (Phi) is 5.26. The zero-order chi connectivity index (χ0) is 16.1. The van der Waals surface area contributed by atoms with E-state index in [-0.39, 0.29) is 17.7 Å². The quantitative estimate of drug-likeness (QED) is 0.847. The van der Waals surface area contributed by atoms with Crippen molar-refractivity contribution in [2.75, 3.05) is 5.32 Å². The largest absolute Gasteiger partial charge is 0.340 e. The molecular formula is C14H19N5O2S. The van der Waals surface area contributed by atoms with Crippen molar-refractivity contribution in [1.82, 2.24) is 20.1 Å². The summed E-state index contributed by atoms with van der Waals surface area (Å²) in [7, 11) is 1.73. The molecule has 0 saturated heterocycles. The highest BCUT2D eigenvalue weighted by Crippen LogP contribution is 2.13. The summed E-state index contributed by atoms with van der Waals surface area (Å²) in [5.41, 5.74) is 0.429. The van der Waals surface area contributed by atoms with E-state index in [0.29, 0.717) is 17.1 Å². The zero-order valence-corrected chi connectivity index (χ0v) is 13.6. The van der Waals surface area contributed by atoms with Crippen LogP contribution in [0.4, 0.5) is 5.13 Å². The van der Waals surface area contributed by atoms with E-state index in [4.69, 9.17) is 0 Å². The number of aryl methyl sites for hydroxylation is 1. The molecule has 8 heteroatoms. The van der Waals surface area contributed by atoms with E-state index < -0.39 is 6.04 Å². The van der Waals surface area contributed by atoms with Crippen LogP contribution in [-0.4, -0.2) is 32.6 Å². The average molecular weight is 321 g/mol. The Bertz CT molecular complexity index is 635. The number of aromatic nitrogens is 3. The average Bonchev–Trinajstić information content (AvgIpc) is 3.08. The van der Waals surface area contributed by atoms with Crippen molar-refractivity contribution in [2.45, 2.75) is 26.3 Å². The molecule has 22 heavy (non-hydrogen) atoms. The Hall–Kier alpha value is -2.22. The van der Waals surface area contributed by atoms with Gasteiger partial charge in [-0.3, -0.25) is 14.3 Å². The van der Waals surface area contributed by atoms with Crippen molar-refractivity contribution in [3.8, 4) is 0 Å². The van der Waals surface area contributed by atoms with Crippen molar-refractivity contribution in [1.29, 1.82) is 0 Å². The van der Waals surface area contributed by atoms with Crippen molar-refractivity contribution in [2.24, 2.45) is 13.0 Å². The molecule has 1 atom stereocenters. The van der Waals surface area contributed by atoms with Crippen LogP contribution in [0.5, 0.6) is 0 Å². The molecule has 0 saturated carbocycles. The monoisotopic (exact) mass is 321 g/mol. The highest BCUT2D eigenvalue weighted by Gasteiger charge is 2.23. The molecule has 0 fully saturated rings. The maximum absolute atomic E-state index is 12.3. The van der Waals surface area contributed by atoms with E-state index in [1.165, 1.54) is 17.5 Å². The highest BCUT2D eigenvalue weighted by molar-refractivity contribution is 7.13. The summed E-state index contributed by atoms with van der Waals surface area (Å²) in [4.78, 5) is 28.6. The number of rotatable bonds is 6. The molecule has 0 aromatic carbocycles. The predicted octanol–water partition coefficient (Wildman–Crippen LogP) is 1.66. The van der Waals surface area contributed by atoms with E-state index in [9.17, 15) is 9.59 Å². The lowest BCUT2D eigenvalue weighted by atomic mass is 10.0. The van der Waals surface area contributed by atoms with Crippen molar-refractivity contribution in [3.05, 3.63) is 29.5 Å². The zero-order valence-electron chi connectivity index (χ0n) is 12.7. The molecule has 2 aromatic rings. The number of carbonyl (C=O) groups excluding carboxylic acids is 2. The van der Waals surface area contributed by atoms with Crippen LogP contribution in [0, 0.1) is 5.92 Å². The van der Waals surface area contributed by atoms with Gasteiger partial charge in [0.1, 0.15) is 6.04 Å². The van der Waals surface area contributed by atoms with Crippen LogP contribution in [-0.2, 0) is 11.8 Å². The van der Waals surface area contributed by atoms with Crippen LogP contribution in [0.3, 0.4) is 0 Å². The molecule has 0 radical (unpaired) electrons. The summed E-state index contributed by atoms with van der Waals surface area (Å²) in [6.07, 6.45) is 5.25. The molecule has 0 aliphatic rings. The number of thiazole rings is 1. The molecule has 7 nitrogen and oxygen atoms in total. The molecule has 2 amide bonds. The van der Waals surface area contributed by atoms with E-state index in [1.807, 2.05) is 13.8 Å². The lowest BCUT2D eigenvalue weighted by Crippen LogP contribution is -2.44. The third-order valence-corrected chi connectivity index (χ3v) is 3.65. The Morgan fingerprint density at radius 2 is 2.18 bits per heavy atom. The molecule has 2 N–H and O–H groups in total. The van der Waals surface area contributed by atoms with Crippen LogP contribution in [0.15, 0.2) is 24.0 Å². The van der Waals surface area contributed by atoms with E-state index in [0.717, 1.165) is 0 Å². The van der Waals surface area contributed by atoms with Crippen LogP contribution in [0.25, 0.3) is 0 Å². The molecular weight excluding hydrogens is 302 g/mol. The lowest BCUT2D eigenvalue weighted by Gasteiger charge is -2.19. The van der Waals surface area contributed by atoms with Gasteiger partial charge in [-0.25, -0.2) is 4.98 Å². The third-order valence-electron chi connectivity index (χ3n) is 2.96. The lowest BCUT2D eigenvalue weighted by molar-refractivity contribution is -0.118. The first kappa shape index (κ1) is 16.2. The molecule has 0 aliphatic heterocycles. The minimum atomic E-state index is -0.614. The number of carbonyl (C=O) groups is 2. The number of amides is 2. The fraction of sp³-hybridized carbons (Fsp3) is 0.429. The fourth-order valence-electron chi connectivity index (χ4n) is 1.96. The van der Waals surface area contributed by atoms with E-state index in [1.54, 1.807) is 29.5 Å². The van der Waals surface area contributed by atoms with Gasteiger partial charge in [0.05, 0.1) is 11.8 Å². The van der Waals surface area contributed by atoms with Crippen LogP contribution < -0.4 is 10.6 Å². The Morgan fingerprint density at radius 3 is 2.73 bits per heavy atom. The molecule has 2 aromatic heterocycles. The topological polar surface area (TPSA) is 88.9 Å². The normalized spacial score (nSPS) is 12.2. The molecule has 2 heterocycles. The van der Waals surface area contributed by atoms with Crippen molar-refractivity contribution in [3.63, 3.8) is 0 Å². The molecule has 2 rings (SSSR count). The van der Waals surface area contributed by atoms with Gasteiger partial charge in [-0.05, 0) is 12.3 Å². The molecule has 0 unspecified atom stereocenters. The summed E-state index contributed by atoms with van der Waals surface area (Å²) in [5, 5.41) is 11.7. The molecule has 0 bridgehead atoms. The maximum Gasteiger partial charge on any atom is 0.255 e. The highest BCUT2D eigenvalue weighted by atomic mass is 32.1. The van der Waals surface area contributed by atoms with Gasteiger partial charge in [-0.2, -0.15) is 5.10 Å². The van der Waals surface area contributed by atoms with Gasteiger partial charge in [0.25, 0.3) is 5.91 Å². The second-order valence-electron chi connectivity index (χ2n) is 5.38. The van der Waals surface area contributed by atoms with E-state index >= 15 is 0 Å². The Morgan fingerprint density at radius 1 is 1.41 bits per heavy atom. The summed E-state index contributed by atoms with van der Waals surface area (Å²) in [6.45, 7) is 4.00. The number of anilines is 1. The third kappa shape index (κ3) is 4.39. The van der Waals surface area contributed by atoms with Gasteiger partial charge < -0.3 is 10.6 Å². The summed E-state index contributed by atoms with van der Waals surface area (Å²) in [5.74, 6) is -0.310.